The number of aromatic nitrogens is 4. The van der Waals surface area contributed by atoms with E-state index >= 15 is 0 Å². The van der Waals surface area contributed by atoms with Crippen molar-refractivity contribution in [3.05, 3.63) is 206 Å². The van der Waals surface area contributed by atoms with Gasteiger partial charge in [0.1, 0.15) is 0 Å². The summed E-state index contributed by atoms with van der Waals surface area (Å²) in [6, 6.07) is 74.4. The van der Waals surface area contributed by atoms with E-state index in [4.69, 9.17) is 9.97 Å². The zero-order valence-corrected chi connectivity index (χ0v) is 32.4. The second kappa shape index (κ2) is 12.7. The minimum atomic E-state index is 0.647. The molecule has 0 atom stereocenters. The van der Waals surface area contributed by atoms with E-state index < -0.39 is 0 Å². The van der Waals surface area contributed by atoms with Gasteiger partial charge in [-0.1, -0.05) is 164 Å². The highest BCUT2D eigenvalue weighted by Gasteiger charge is 2.23. The molecule has 13 rings (SSSR count). The number of rotatable bonds is 4. The number of fused-ring (bicyclic) bond motifs is 12. The minimum absolute atomic E-state index is 0.647. The van der Waals surface area contributed by atoms with Crippen LogP contribution in [0.15, 0.2) is 206 Å². The van der Waals surface area contributed by atoms with Crippen LogP contribution in [0, 0.1) is 0 Å². The van der Waals surface area contributed by atoms with E-state index in [0.29, 0.717) is 5.95 Å². The predicted octanol–water partition coefficient (Wildman–Crippen LogP) is 14.6. The Hall–Kier alpha value is -8.08. The first-order valence-corrected chi connectivity index (χ1v) is 20.5. The maximum absolute atomic E-state index is 5.56. The third-order valence-electron chi connectivity index (χ3n) is 12.5. The van der Waals surface area contributed by atoms with Gasteiger partial charge in [0.2, 0.25) is 5.95 Å². The van der Waals surface area contributed by atoms with E-state index in [0.717, 1.165) is 38.9 Å². The number of hydrogen-bond acceptors (Lipinski definition) is 2. The Labute approximate surface area is 344 Å². The topological polar surface area (TPSA) is 35.6 Å². The summed E-state index contributed by atoms with van der Waals surface area (Å²) in [6.45, 7) is 0. The van der Waals surface area contributed by atoms with Crippen molar-refractivity contribution >= 4 is 86.8 Å². The molecule has 0 saturated heterocycles. The highest BCUT2D eigenvalue weighted by atomic mass is 15.2. The maximum atomic E-state index is 5.56. The third-order valence-corrected chi connectivity index (χ3v) is 12.5. The summed E-state index contributed by atoms with van der Waals surface area (Å²) in [7, 11) is 0. The molecule has 0 bridgehead atoms. The van der Waals surface area contributed by atoms with Gasteiger partial charge in [-0.25, -0.2) is 9.97 Å². The van der Waals surface area contributed by atoms with Crippen LogP contribution in [0.4, 0.5) is 0 Å². The van der Waals surface area contributed by atoms with E-state index in [1.54, 1.807) is 0 Å². The smallest absolute Gasteiger partial charge is 0.235 e. The lowest BCUT2D eigenvalue weighted by molar-refractivity contribution is 1.01. The van der Waals surface area contributed by atoms with Crippen molar-refractivity contribution in [3.8, 4) is 34.0 Å². The largest absolute Gasteiger partial charge is 0.309 e. The van der Waals surface area contributed by atoms with Gasteiger partial charge in [-0.2, -0.15) is 0 Å². The summed E-state index contributed by atoms with van der Waals surface area (Å²) in [4.78, 5) is 10.9. The molecule has 4 nitrogen and oxygen atoms in total. The lowest BCUT2D eigenvalue weighted by Crippen LogP contribution is -2.04. The summed E-state index contributed by atoms with van der Waals surface area (Å²) in [6.07, 6.45) is 0. The van der Waals surface area contributed by atoms with Crippen LogP contribution in [0.3, 0.4) is 0 Å². The van der Waals surface area contributed by atoms with Gasteiger partial charge >= 0.3 is 0 Å². The summed E-state index contributed by atoms with van der Waals surface area (Å²) >= 11 is 0. The summed E-state index contributed by atoms with van der Waals surface area (Å²) in [5.74, 6) is 0.647. The molecule has 3 aromatic heterocycles. The van der Waals surface area contributed by atoms with Crippen LogP contribution in [0.2, 0.25) is 0 Å². The standard InChI is InChI=1S/C56H34N4/c1-2-19-36(20-3-1)59-49-31-14-11-27-44(49)53-40-24-8-6-22-38(40)46(33-51(53)59)47-34-52-54(41-25-9-7-23-39(41)47)45-28-12-15-32-50(45)60(52)56-57-48-30-13-10-26-43(48)55(58-56)42-29-16-18-35-17-4-5-21-37(35)42/h1-34H. The quantitative estimate of drug-likeness (QED) is 0.179. The average Bonchev–Trinajstić information content (AvgIpc) is 3.84. The van der Waals surface area contributed by atoms with Crippen LogP contribution in [-0.2, 0) is 0 Å². The van der Waals surface area contributed by atoms with Crippen LogP contribution >= 0.6 is 0 Å². The van der Waals surface area contributed by atoms with E-state index in [1.165, 1.54) is 76.0 Å². The van der Waals surface area contributed by atoms with E-state index in [2.05, 4.69) is 215 Å². The second-order valence-electron chi connectivity index (χ2n) is 15.7. The lowest BCUT2D eigenvalue weighted by atomic mass is 9.90. The van der Waals surface area contributed by atoms with Gasteiger partial charge in [-0.05, 0) is 85.9 Å². The zero-order valence-electron chi connectivity index (χ0n) is 32.4. The second-order valence-corrected chi connectivity index (χ2v) is 15.7. The first-order valence-electron chi connectivity index (χ1n) is 20.5. The van der Waals surface area contributed by atoms with Crippen molar-refractivity contribution in [2.24, 2.45) is 0 Å². The Kier molecular flexibility index (Phi) is 6.98. The predicted molar refractivity (Wildman–Crippen MR) is 252 cm³/mol. The molecule has 13 aromatic rings. The molecule has 10 aromatic carbocycles. The van der Waals surface area contributed by atoms with Crippen LogP contribution in [0.5, 0.6) is 0 Å². The molecular weight excluding hydrogens is 729 g/mol. The van der Waals surface area contributed by atoms with Crippen LogP contribution in [-0.4, -0.2) is 19.1 Å². The fourth-order valence-corrected chi connectivity index (χ4v) is 9.98. The van der Waals surface area contributed by atoms with Gasteiger partial charge in [0.25, 0.3) is 0 Å². The van der Waals surface area contributed by atoms with Crippen molar-refractivity contribution in [2.45, 2.75) is 0 Å². The molecule has 0 aliphatic heterocycles. The van der Waals surface area contributed by atoms with E-state index in [9.17, 15) is 0 Å². The Balaban J connectivity index is 1.17. The molecule has 0 aliphatic rings. The average molecular weight is 763 g/mol. The molecule has 0 unspecified atom stereocenters. The Morgan fingerprint density at radius 2 is 0.783 bits per heavy atom. The molecular formula is C56H34N4. The van der Waals surface area contributed by atoms with Crippen molar-refractivity contribution < 1.29 is 0 Å². The van der Waals surface area contributed by atoms with Crippen molar-refractivity contribution in [1.29, 1.82) is 0 Å². The fraction of sp³-hybridized carbons (Fsp3) is 0. The number of para-hydroxylation sites is 4. The van der Waals surface area contributed by atoms with Crippen molar-refractivity contribution in [2.75, 3.05) is 0 Å². The van der Waals surface area contributed by atoms with Gasteiger partial charge in [0.05, 0.1) is 33.3 Å². The fourth-order valence-electron chi connectivity index (χ4n) is 9.98. The summed E-state index contributed by atoms with van der Waals surface area (Å²) in [5, 5.41) is 13.1. The summed E-state index contributed by atoms with van der Waals surface area (Å²) in [5.41, 5.74) is 10.9. The Morgan fingerprint density at radius 1 is 0.300 bits per heavy atom. The Bertz CT molecular complexity index is 3890. The Morgan fingerprint density at radius 3 is 1.45 bits per heavy atom. The zero-order chi connectivity index (χ0) is 39.3. The molecule has 0 fully saturated rings. The van der Waals surface area contributed by atoms with Gasteiger partial charge in [0, 0.05) is 38.2 Å². The van der Waals surface area contributed by atoms with Gasteiger partial charge in [0.15, 0.2) is 0 Å². The molecule has 0 radical (unpaired) electrons. The number of hydrogen-bond donors (Lipinski definition) is 0. The van der Waals surface area contributed by atoms with Crippen LogP contribution in [0.1, 0.15) is 0 Å². The molecule has 3 heterocycles. The molecule has 278 valence electrons. The maximum Gasteiger partial charge on any atom is 0.235 e. The number of benzene rings is 10. The monoisotopic (exact) mass is 762 g/mol. The third kappa shape index (κ3) is 4.67. The molecule has 60 heavy (non-hydrogen) atoms. The molecule has 0 aliphatic carbocycles. The molecule has 0 N–H and O–H groups in total. The first-order chi connectivity index (χ1) is 29.8. The summed E-state index contributed by atoms with van der Waals surface area (Å²) < 4.78 is 4.72. The molecule has 0 amide bonds. The molecule has 0 saturated carbocycles. The highest BCUT2D eigenvalue weighted by Crippen LogP contribution is 2.46. The van der Waals surface area contributed by atoms with Crippen molar-refractivity contribution in [3.63, 3.8) is 0 Å². The molecule has 4 heteroatoms. The van der Waals surface area contributed by atoms with Crippen LogP contribution in [0.25, 0.3) is 121 Å². The minimum Gasteiger partial charge on any atom is -0.309 e. The first kappa shape index (κ1) is 32.9. The van der Waals surface area contributed by atoms with Gasteiger partial charge in [-0.3, -0.25) is 4.57 Å². The SMILES string of the molecule is c1ccc(-n2c3ccccc3c3c4ccccc4c(-c4cc5c(c6ccccc46)c4ccccc4n5-c4nc(-c5cccc6ccccc56)c5ccccc5n4)cc32)cc1. The number of nitrogens with zero attached hydrogens (tertiary/aromatic N) is 4. The van der Waals surface area contributed by atoms with E-state index in [1.807, 2.05) is 0 Å². The normalized spacial score (nSPS) is 12.0. The van der Waals surface area contributed by atoms with Crippen molar-refractivity contribution in [1.82, 2.24) is 19.1 Å². The van der Waals surface area contributed by atoms with E-state index in [-0.39, 0.29) is 0 Å². The highest BCUT2D eigenvalue weighted by molar-refractivity contribution is 6.28. The van der Waals surface area contributed by atoms with Gasteiger partial charge in [-0.15, -0.1) is 0 Å². The molecule has 0 spiro atoms. The van der Waals surface area contributed by atoms with Gasteiger partial charge < -0.3 is 4.57 Å². The lowest BCUT2D eigenvalue weighted by Gasteiger charge is -2.16. The van der Waals surface area contributed by atoms with Crippen LogP contribution < -0.4 is 0 Å².